The number of aliphatic hydroxyl groups is 1. The Morgan fingerprint density at radius 1 is 1.33 bits per heavy atom. The Bertz CT molecular complexity index is 465. The van der Waals surface area contributed by atoms with E-state index >= 15 is 0 Å². The number of β-amino-alcohol motifs (C(OH)–C–C–N with tert-alkyl or cyclic N) is 1. The van der Waals surface area contributed by atoms with E-state index in [1.165, 1.54) is 0 Å². The Kier molecular flexibility index (Phi) is 5.45. The molecule has 0 spiro atoms. The number of benzene rings is 1. The van der Waals surface area contributed by atoms with E-state index in [1.54, 1.807) is 14.2 Å². The lowest BCUT2D eigenvalue weighted by Gasteiger charge is -2.23. The molecule has 0 amide bonds. The minimum absolute atomic E-state index is 0.549. The molecular formula is C16H26N2O3. The van der Waals surface area contributed by atoms with E-state index < -0.39 is 6.10 Å². The van der Waals surface area contributed by atoms with Crippen molar-refractivity contribution in [2.75, 3.05) is 47.9 Å². The maximum atomic E-state index is 10.5. The van der Waals surface area contributed by atoms with Gasteiger partial charge in [-0.3, -0.25) is 4.90 Å². The SMILES string of the molecule is COc1ccc(C(O)CN2CCC(N(C)C)C2)c(OC)c1. The van der Waals surface area contributed by atoms with Crippen LogP contribution in [0.3, 0.4) is 0 Å². The first kappa shape index (κ1) is 16.1. The quantitative estimate of drug-likeness (QED) is 0.858. The van der Waals surface area contributed by atoms with Gasteiger partial charge in [0, 0.05) is 30.8 Å². The molecule has 5 heteroatoms. The number of methoxy groups -OCH3 is 2. The van der Waals surface area contributed by atoms with Gasteiger partial charge in [0.05, 0.1) is 20.3 Å². The average Bonchev–Trinajstić information content (AvgIpc) is 2.95. The highest BCUT2D eigenvalue weighted by Crippen LogP contribution is 2.30. The van der Waals surface area contributed by atoms with E-state index in [2.05, 4.69) is 23.9 Å². The van der Waals surface area contributed by atoms with Crippen LogP contribution in [0.15, 0.2) is 18.2 Å². The molecular weight excluding hydrogens is 268 g/mol. The summed E-state index contributed by atoms with van der Waals surface area (Å²) in [4.78, 5) is 4.55. The Morgan fingerprint density at radius 2 is 2.10 bits per heavy atom. The fourth-order valence-electron chi connectivity index (χ4n) is 2.84. The number of likely N-dealkylation sites (N-methyl/N-ethyl adjacent to an activating group) is 1. The zero-order valence-corrected chi connectivity index (χ0v) is 13.4. The summed E-state index contributed by atoms with van der Waals surface area (Å²) in [6, 6.07) is 6.12. The van der Waals surface area contributed by atoms with Crippen LogP contribution < -0.4 is 9.47 Å². The highest BCUT2D eigenvalue weighted by atomic mass is 16.5. The van der Waals surface area contributed by atoms with Gasteiger partial charge in [-0.15, -0.1) is 0 Å². The van der Waals surface area contributed by atoms with Gasteiger partial charge >= 0.3 is 0 Å². The number of hydrogen-bond acceptors (Lipinski definition) is 5. The molecule has 5 nitrogen and oxygen atoms in total. The third-order valence-electron chi connectivity index (χ3n) is 4.21. The largest absolute Gasteiger partial charge is 0.497 e. The molecule has 2 rings (SSSR count). The van der Waals surface area contributed by atoms with Crippen molar-refractivity contribution >= 4 is 0 Å². The number of rotatable bonds is 6. The molecule has 0 saturated carbocycles. The second-order valence-corrected chi connectivity index (χ2v) is 5.79. The van der Waals surface area contributed by atoms with E-state index in [0.29, 0.717) is 18.3 Å². The Hall–Kier alpha value is -1.30. The predicted octanol–water partition coefficient (Wildman–Crippen LogP) is 1.37. The van der Waals surface area contributed by atoms with Gasteiger partial charge < -0.3 is 19.5 Å². The third kappa shape index (κ3) is 3.87. The van der Waals surface area contributed by atoms with E-state index in [9.17, 15) is 5.11 Å². The lowest BCUT2D eigenvalue weighted by molar-refractivity contribution is 0.119. The van der Waals surface area contributed by atoms with Crippen molar-refractivity contribution in [3.05, 3.63) is 23.8 Å². The van der Waals surface area contributed by atoms with E-state index in [0.717, 1.165) is 30.8 Å². The van der Waals surface area contributed by atoms with Crippen LogP contribution in [0, 0.1) is 0 Å². The zero-order valence-electron chi connectivity index (χ0n) is 13.4. The summed E-state index contributed by atoms with van der Waals surface area (Å²) in [5.74, 6) is 1.40. The molecule has 1 aromatic carbocycles. The normalized spacial score (nSPS) is 20.8. The summed E-state index contributed by atoms with van der Waals surface area (Å²) < 4.78 is 10.6. The number of ether oxygens (including phenoxy) is 2. The van der Waals surface area contributed by atoms with Gasteiger partial charge in [0.1, 0.15) is 11.5 Å². The molecule has 1 aliphatic rings. The van der Waals surface area contributed by atoms with Crippen molar-refractivity contribution in [1.82, 2.24) is 9.80 Å². The Balaban J connectivity index is 2.02. The molecule has 1 fully saturated rings. The fraction of sp³-hybridized carbons (Fsp3) is 0.625. The summed E-state index contributed by atoms with van der Waals surface area (Å²) in [5, 5.41) is 10.5. The lowest BCUT2D eigenvalue weighted by atomic mass is 10.1. The van der Waals surface area contributed by atoms with E-state index in [4.69, 9.17) is 9.47 Å². The Labute approximate surface area is 127 Å². The molecule has 1 heterocycles. The van der Waals surface area contributed by atoms with Crippen molar-refractivity contribution in [2.24, 2.45) is 0 Å². The maximum Gasteiger partial charge on any atom is 0.128 e. The summed E-state index contributed by atoms with van der Waals surface area (Å²) in [5.41, 5.74) is 0.812. The highest BCUT2D eigenvalue weighted by molar-refractivity contribution is 5.42. The predicted molar refractivity (Wildman–Crippen MR) is 83.0 cm³/mol. The molecule has 118 valence electrons. The fourth-order valence-corrected chi connectivity index (χ4v) is 2.84. The first-order chi connectivity index (χ1) is 10.0. The Morgan fingerprint density at radius 3 is 2.67 bits per heavy atom. The molecule has 21 heavy (non-hydrogen) atoms. The van der Waals surface area contributed by atoms with Crippen molar-refractivity contribution in [3.8, 4) is 11.5 Å². The molecule has 1 N–H and O–H groups in total. The van der Waals surface area contributed by atoms with Crippen molar-refractivity contribution in [3.63, 3.8) is 0 Å². The van der Waals surface area contributed by atoms with Gasteiger partial charge in [-0.2, -0.15) is 0 Å². The summed E-state index contributed by atoms with van der Waals surface area (Å²) in [6.45, 7) is 2.66. The first-order valence-electron chi connectivity index (χ1n) is 7.34. The van der Waals surface area contributed by atoms with Crippen LogP contribution in [0.4, 0.5) is 0 Å². The summed E-state index contributed by atoms with van der Waals surface area (Å²) in [7, 11) is 7.45. The smallest absolute Gasteiger partial charge is 0.128 e. The molecule has 1 aliphatic heterocycles. The van der Waals surface area contributed by atoms with Gasteiger partial charge in [-0.1, -0.05) is 0 Å². The summed E-state index contributed by atoms with van der Waals surface area (Å²) in [6.07, 6.45) is 0.603. The molecule has 0 aliphatic carbocycles. The monoisotopic (exact) mass is 294 g/mol. The number of likely N-dealkylation sites (tertiary alicyclic amines) is 1. The average molecular weight is 294 g/mol. The van der Waals surface area contributed by atoms with Crippen molar-refractivity contribution in [1.29, 1.82) is 0 Å². The molecule has 0 aromatic heterocycles. The van der Waals surface area contributed by atoms with Crippen LogP contribution in [0.5, 0.6) is 11.5 Å². The van der Waals surface area contributed by atoms with Crippen LogP contribution in [0.2, 0.25) is 0 Å². The van der Waals surface area contributed by atoms with Gasteiger partial charge in [0.2, 0.25) is 0 Å². The summed E-state index contributed by atoms with van der Waals surface area (Å²) >= 11 is 0. The van der Waals surface area contributed by atoms with Gasteiger partial charge in [-0.05, 0) is 39.2 Å². The van der Waals surface area contributed by atoms with Crippen molar-refractivity contribution in [2.45, 2.75) is 18.6 Å². The second-order valence-electron chi connectivity index (χ2n) is 5.79. The second kappa shape index (κ2) is 7.11. The van der Waals surface area contributed by atoms with Crippen LogP contribution >= 0.6 is 0 Å². The minimum atomic E-state index is -0.549. The molecule has 0 radical (unpaired) electrons. The third-order valence-corrected chi connectivity index (χ3v) is 4.21. The zero-order chi connectivity index (χ0) is 15.4. The van der Waals surface area contributed by atoms with Crippen LogP contribution in [-0.2, 0) is 0 Å². The molecule has 2 unspecified atom stereocenters. The minimum Gasteiger partial charge on any atom is -0.497 e. The maximum absolute atomic E-state index is 10.5. The van der Waals surface area contributed by atoms with Crippen molar-refractivity contribution < 1.29 is 14.6 Å². The molecule has 2 atom stereocenters. The molecule has 0 bridgehead atoms. The standard InChI is InChI=1S/C16H26N2O3/c1-17(2)12-7-8-18(10-12)11-15(19)14-6-5-13(20-3)9-16(14)21-4/h5-6,9,12,15,19H,7-8,10-11H2,1-4H3. The van der Waals surface area contributed by atoms with Gasteiger partial charge in [-0.25, -0.2) is 0 Å². The first-order valence-corrected chi connectivity index (χ1v) is 7.34. The van der Waals surface area contributed by atoms with E-state index in [1.807, 2.05) is 18.2 Å². The van der Waals surface area contributed by atoms with Crippen LogP contribution in [0.25, 0.3) is 0 Å². The lowest BCUT2D eigenvalue weighted by Crippen LogP contribution is -2.33. The number of aliphatic hydroxyl groups excluding tert-OH is 1. The van der Waals surface area contributed by atoms with Gasteiger partial charge in [0.15, 0.2) is 0 Å². The number of hydrogen-bond donors (Lipinski definition) is 1. The van der Waals surface area contributed by atoms with E-state index in [-0.39, 0.29) is 0 Å². The number of nitrogens with zero attached hydrogens (tertiary/aromatic N) is 2. The molecule has 1 aromatic rings. The topological polar surface area (TPSA) is 45.2 Å². The van der Waals surface area contributed by atoms with Gasteiger partial charge in [0.25, 0.3) is 0 Å². The highest BCUT2D eigenvalue weighted by Gasteiger charge is 2.26. The van der Waals surface area contributed by atoms with Crippen LogP contribution in [0.1, 0.15) is 18.1 Å². The van der Waals surface area contributed by atoms with Crippen LogP contribution in [-0.4, -0.2) is 68.9 Å². The molecule has 1 saturated heterocycles.